The normalized spacial score (nSPS) is 31.6. The van der Waals surface area contributed by atoms with E-state index in [1.807, 2.05) is 6.92 Å². The molecule has 2 saturated heterocycles. The summed E-state index contributed by atoms with van der Waals surface area (Å²) in [7, 11) is 0. The standard InChI is InChI=1S/C23H29N5O6/c1-21(2)32-17-15(11-30-20(29)34-22(3)9-5-4-6-10-22)31-23(12-24,18(17)33-21)16-8-7-14-19(25)26-13-27-28(14)16/h7-8,13,15,17-18H,4-6,9-11H2,1-3H3,(H2,25,26,27)/t15-,17-,18-,23+/m1/s1. The molecule has 0 bridgehead atoms. The molecular formula is C23H29N5O6. The number of nitrogens with two attached hydrogens (primary N) is 1. The van der Waals surface area contributed by atoms with Crippen molar-refractivity contribution >= 4 is 17.5 Å². The summed E-state index contributed by atoms with van der Waals surface area (Å²) in [6.45, 7) is 5.30. The highest BCUT2D eigenvalue weighted by atomic mass is 16.8. The Morgan fingerprint density at radius 1 is 1.24 bits per heavy atom. The molecule has 11 nitrogen and oxygen atoms in total. The van der Waals surface area contributed by atoms with Crippen LogP contribution in [0, 0.1) is 11.3 Å². The lowest BCUT2D eigenvalue weighted by molar-refractivity contribution is -0.205. The summed E-state index contributed by atoms with van der Waals surface area (Å²) in [6.07, 6.45) is 3.13. The van der Waals surface area contributed by atoms with E-state index in [4.69, 9.17) is 29.4 Å². The number of hydrogen-bond donors (Lipinski definition) is 1. The van der Waals surface area contributed by atoms with Crippen molar-refractivity contribution in [2.75, 3.05) is 12.3 Å². The molecule has 11 heteroatoms. The van der Waals surface area contributed by atoms with E-state index >= 15 is 0 Å². The molecule has 0 radical (unpaired) electrons. The molecule has 4 atom stereocenters. The van der Waals surface area contributed by atoms with Gasteiger partial charge in [0.2, 0.25) is 5.60 Å². The molecule has 2 aliphatic heterocycles. The zero-order valence-corrected chi connectivity index (χ0v) is 19.5. The van der Waals surface area contributed by atoms with Gasteiger partial charge >= 0.3 is 6.16 Å². The summed E-state index contributed by atoms with van der Waals surface area (Å²) in [5, 5.41) is 14.6. The van der Waals surface area contributed by atoms with Crippen LogP contribution in [0.3, 0.4) is 0 Å². The highest BCUT2D eigenvalue weighted by Crippen LogP contribution is 2.49. The quantitative estimate of drug-likeness (QED) is 0.661. The molecule has 2 N–H and O–H groups in total. The molecule has 1 aliphatic carbocycles. The van der Waals surface area contributed by atoms with Gasteiger partial charge in [0.05, 0.1) is 5.69 Å². The number of nitriles is 1. The van der Waals surface area contributed by atoms with Crippen LogP contribution in [0.1, 0.15) is 58.6 Å². The first-order valence-corrected chi connectivity index (χ1v) is 11.6. The first-order chi connectivity index (χ1) is 16.2. The van der Waals surface area contributed by atoms with E-state index in [1.165, 1.54) is 10.8 Å². The van der Waals surface area contributed by atoms with Crippen molar-refractivity contribution in [3.8, 4) is 6.07 Å². The third-order valence-electron chi connectivity index (χ3n) is 6.87. The zero-order valence-electron chi connectivity index (χ0n) is 19.5. The second-order valence-corrected chi connectivity index (χ2v) is 9.86. The van der Waals surface area contributed by atoms with E-state index < -0.39 is 41.5 Å². The average Bonchev–Trinajstić information content (AvgIpc) is 3.44. The second kappa shape index (κ2) is 8.08. The minimum absolute atomic E-state index is 0.153. The van der Waals surface area contributed by atoms with Crippen LogP contribution in [0.25, 0.3) is 5.52 Å². The Morgan fingerprint density at radius 3 is 2.74 bits per heavy atom. The van der Waals surface area contributed by atoms with Gasteiger partial charge in [-0.25, -0.2) is 14.3 Å². The Kier molecular flexibility index (Phi) is 5.42. The fraction of sp³-hybridized carbons (Fsp3) is 0.652. The van der Waals surface area contributed by atoms with Crippen LogP contribution in [-0.4, -0.2) is 57.1 Å². The van der Waals surface area contributed by atoms with E-state index in [1.54, 1.807) is 26.0 Å². The molecule has 1 saturated carbocycles. The predicted molar refractivity (Wildman–Crippen MR) is 117 cm³/mol. The van der Waals surface area contributed by atoms with Gasteiger partial charge < -0.3 is 29.4 Å². The van der Waals surface area contributed by atoms with E-state index in [0.29, 0.717) is 11.2 Å². The van der Waals surface area contributed by atoms with Crippen LogP contribution >= 0.6 is 0 Å². The maximum atomic E-state index is 12.5. The molecule has 182 valence electrons. The van der Waals surface area contributed by atoms with Gasteiger partial charge in [0, 0.05) is 0 Å². The Morgan fingerprint density at radius 2 is 2.00 bits per heavy atom. The Labute approximate surface area is 197 Å². The van der Waals surface area contributed by atoms with Gasteiger partial charge in [-0.05, 0) is 58.6 Å². The summed E-state index contributed by atoms with van der Waals surface area (Å²) in [5.41, 5.74) is 4.84. The van der Waals surface area contributed by atoms with Crippen molar-refractivity contribution < 1.29 is 28.5 Å². The van der Waals surface area contributed by atoms with Gasteiger partial charge in [-0.15, -0.1) is 0 Å². The minimum Gasteiger partial charge on any atom is -0.431 e. The smallest absolute Gasteiger partial charge is 0.431 e. The first-order valence-electron chi connectivity index (χ1n) is 11.6. The van der Waals surface area contributed by atoms with Crippen molar-refractivity contribution in [3.63, 3.8) is 0 Å². The summed E-state index contributed by atoms with van der Waals surface area (Å²) in [6, 6.07) is 5.69. The van der Waals surface area contributed by atoms with Gasteiger partial charge in [-0.2, -0.15) is 10.4 Å². The molecule has 3 fully saturated rings. The van der Waals surface area contributed by atoms with Gasteiger partial charge in [-0.3, -0.25) is 0 Å². The molecule has 0 spiro atoms. The largest absolute Gasteiger partial charge is 0.508 e. The lowest BCUT2D eigenvalue weighted by atomic mass is 9.86. The van der Waals surface area contributed by atoms with Gasteiger partial charge in [0.15, 0.2) is 11.6 Å². The van der Waals surface area contributed by atoms with E-state index in [2.05, 4.69) is 16.2 Å². The second-order valence-electron chi connectivity index (χ2n) is 9.86. The third-order valence-corrected chi connectivity index (χ3v) is 6.87. The SMILES string of the molecule is CC1(OC(=O)OC[C@H]2O[C@@](C#N)(c3ccc4c(N)ncnn34)[C@@H]3OC(C)(C)O[C@@H]32)CCCCC1. The minimum atomic E-state index is -1.57. The monoisotopic (exact) mass is 471 g/mol. The number of nitrogens with zero attached hydrogens (tertiary/aromatic N) is 4. The van der Waals surface area contributed by atoms with E-state index in [9.17, 15) is 10.1 Å². The van der Waals surface area contributed by atoms with Crippen molar-refractivity contribution in [1.29, 1.82) is 5.26 Å². The Bertz CT molecular complexity index is 1140. The molecule has 0 amide bonds. The lowest BCUT2D eigenvalue weighted by Gasteiger charge is -2.32. The molecule has 34 heavy (non-hydrogen) atoms. The van der Waals surface area contributed by atoms with Gasteiger partial charge in [0.25, 0.3) is 0 Å². The molecule has 0 aromatic carbocycles. The van der Waals surface area contributed by atoms with Gasteiger partial charge in [-0.1, -0.05) is 6.42 Å². The molecule has 0 unspecified atom stereocenters. The number of carbonyl (C=O) groups is 1. The molecule has 5 rings (SSSR count). The summed E-state index contributed by atoms with van der Waals surface area (Å²) >= 11 is 0. The fourth-order valence-electron chi connectivity index (χ4n) is 5.25. The number of nitrogen functional groups attached to an aromatic ring is 1. The van der Waals surface area contributed by atoms with Crippen LogP contribution in [0.4, 0.5) is 10.6 Å². The predicted octanol–water partition coefficient (Wildman–Crippen LogP) is 2.83. The molecular weight excluding hydrogens is 442 g/mol. The average molecular weight is 472 g/mol. The van der Waals surface area contributed by atoms with Crippen molar-refractivity contribution in [1.82, 2.24) is 14.6 Å². The van der Waals surface area contributed by atoms with E-state index in [0.717, 1.165) is 32.1 Å². The number of fused-ring (bicyclic) bond motifs is 2. The molecule has 3 aliphatic rings. The Balaban J connectivity index is 1.40. The first kappa shape index (κ1) is 22.8. The lowest BCUT2D eigenvalue weighted by Crippen LogP contribution is -2.40. The van der Waals surface area contributed by atoms with E-state index in [-0.39, 0.29) is 12.4 Å². The van der Waals surface area contributed by atoms with Crippen LogP contribution in [0.15, 0.2) is 18.5 Å². The highest BCUT2D eigenvalue weighted by Gasteiger charge is 2.65. The molecule has 2 aromatic heterocycles. The van der Waals surface area contributed by atoms with Crippen LogP contribution in [0.2, 0.25) is 0 Å². The number of ether oxygens (including phenoxy) is 5. The fourth-order valence-corrected chi connectivity index (χ4v) is 5.25. The zero-order chi connectivity index (χ0) is 24.1. The van der Waals surface area contributed by atoms with Crippen molar-refractivity contribution in [2.45, 2.75) is 88.2 Å². The highest BCUT2D eigenvalue weighted by molar-refractivity contribution is 5.66. The van der Waals surface area contributed by atoms with Crippen LogP contribution < -0.4 is 5.73 Å². The van der Waals surface area contributed by atoms with Gasteiger partial charge in [0.1, 0.15) is 48.4 Å². The van der Waals surface area contributed by atoms with Crippen molar-refractivity contribution in [2.24, 2.45) is 0 Å². The third kappa shape index (κ3) is 3.76. The summed E-state index contributed by atoms with van der Waals surface area (Å²) < 4.78 is 31.0. The summed E-state index contributed by atoms with van der Waals surface area (Å²) in [5.74, 6) is -0.692. The topological polar surface area (TPSA) is 143 Å². The van der Waals surface area contributed by atoms with Crippen molar-refractivity contribution in [3.05, 3.63) is 24.2 Å². The van der Waals surface area contributed by atoms with Crippen LogP contribution in [-0.2, 0) is 29.3 Å². The molecule has 2 aromatic rings. The molecule has 4 heterocycles. The number of hydrogen-bond acceptors (Lipinski definition) is 10. The summed E-state index contributed by atoms with van der Waals surface area (Å²) in [4.78, 5) is 16.5. The number of carbonyl (C=O) groups excluding carboxylic acids is 1. The van der Waals surface area contributed by atoms with Crippen LogP contribution in [0.5, 0.6) is 0 Å². The number of anilines is 1. The number of aromatic nitrogens is 3. The maximum Gasteiger partial charge on any atom is 0.508 e. The Hall–Kier alpha value is -2.94. The number of rotatable bonds is 4. The maximum absolute atomic E-state index is 12.5.